The molecule has 0 aliphatic rings. The Morgan fingerprint density at radius 1 is 0.900 bits per heavy atom. The highest BCUT2D eigenvalue weighted by Crippen LogP contribution is 2.33. The fraction of sp³-hybridized carbons (Fsp3) is 0.200. The highest BCUT2D eigenvalue weighted by molar-refractivity contribution is 5.64. The number of benzene rings is 2. The van der Waals surface area contributed by atoms with Gasteiger partial charge in [0.25, 0.3) is 0 Å². The lowest BCUT2D eigenvalue weighted by molar-refractivity contribution is -0.206. The van der Waals surface area contributed by atoms with E-state index in [1.807, 2.05) is 12.1 Å². The molecule has 0 aromatic heterocycles. The molecule has 0 saturated carbocycles. The van der Waals surface area contributed by atoms with Crippen LogP contribution in [0.4, 0.5) is 13.2 Å². The molecule has 0 heterocycles. The van der Waals surface area contributed by atoms with Crippen molar-refractivity contribution in [2.45, 2.75) is 12.3 Å². The third kappa shape index (κ3) is 3.11. The minimum absolute atomic E-state index is 0.172. The lowest BCUT2D eigenvalue weighted by Gasteiger charge is -2.15. The Morgan fingerprint density at radius 3 is 1.75 bits per heavy atom. The molecule has 0 radical (unpaired) electrons. The molecule has 0 bridgehead atoms. The molecular weight excluding hydrogens is 269 g/mol. The van der Waals surface area contributed by atoms with Gasteiger partial charge in [0.2, 0.25) is 0 Å². The zero-order valence-corrected chi connectivity index (χ0v) is 10.7. The SMILES string of the molecule is COc1ccc(-c2ccc([C@@H](O)C(F)(F)F)cc2)cc1. The van der Waals surface area contributed by atoms with Crippen molar-refractivity contribution in [3.05, 3.63) is 54.1 Å². The normalized spacial score (nSPS) is 13.1. The van der Waals surface area contributed by atoms with E-state index in [0.717, 1.165) is 11.1 Å². The number of alkyl halides is 3. The van der Waals surface area contributed by atoms with E-state index < -0.39 is 12.3 Å². The summed E-state index contributed by atoms with van der Waals surface area (Å²) in [5.74, 6) is 0.706. The van der Waals surface area contributed by atoms with Gasteiger partial charge in [-0.05, 0) is 28.8 Å². The third-order valence-electron chi connectivity index (χ3n) is 2.96. The van der Waals surface area contributed by atoms with Crippen molar-refractivity contribution in [1.29, 1.82) is 0 Å². The molecule has 0 saturated heterocycles. The first kappa shape index (κ1) is 14.4. The third-order valence-corrected chi connectivity index (χ3v) is 2.96. The van der Waals surface area contributed by atoms with Crippen molar-refractivity contribution in [3.8, 4) is 16.9 Å². The molecule has 20 heavy (non-hydrogen) atoms. The maximum Gasteiger partial charge on any atom is 0.418 e. The summed E-state index contributed by atoms with van der Waals surface area (Å²) in [7, 11) is 1.56. The molecule has 2 rings (SSSR count). The van der Waals surface area contributed by atoms with Crippen LogP contribution in [0.15, 0.2) is 48.5 Å². The maximum atomic E-state index is 12.4. The zero-order valence-electron chi connectivity index (χ0n) is 10.7. The van der Waals surface area contributed by atoms with Gasteiger partial charge in [-0.25, -0.2) is 0 Å². The van der Waals surface area contributed by atoms with Gasteiger partial charge in [-0.1, -0.05) is 36.4 Å². The Hall–Kier alpha value is -2.01. The summed E-state index contributed by atoms with van der Waals surface area (Å²) in [5.41, 5.74) is 1.46. The predicted molar refractivity (Wildman–Crippen MR) is 69.4 cm³/mol. The predicted octanol–water partition coefficient (Wildman–Crippen LogP) is 3.96. The standard InChI is InChI=1S/C15H13F3O2/c1-20-13-8-6-11(7-9-13)10-2-4-12(5-3-10)14(19)15(16,17)18/h2-9,14,19H,1H3/t14-/m1/s1. The van der Waals surface area contributed by atoms with E-state index in [1.165, 1.54) is 12.1 Å². The van der Waals surface area contributed by atoms with Crippen molar-refractivity contribution in [2.75, 3.05) is 7.11 Å². The Bertz CT molecular complexity index is 559. The minimum atomic E-state index is -4.65. The van der Waals surface area contributed by atoms with Crippen molar-refractivity contribution in [3.63, 3.8) is 0 Å². The van der Waals surface area contributed by atoms with Crippen LogP contribution in [0.3, 0.4) is 0 Å². The van der Waals surface area contributed by atoms with Gasteiger partial charge < -0.3 is 9.84 Å². The second-order valence-electron chi connectivity index (χ2n) is 4.29. The Labute approximate surface area is 114 Å². The molecule has 0 amide bonds. The van der Waals surface area contributed by atoms with Crippen LogP contribution in [-0.2, 0) is 0 Å². The minimum Gasteiger partial charge on any atom is -0.497 e. The van der Waals surface area contributed by atoms with E-state index in [1.54, 1.807) is 31.4 Å². The van der Waals surface area contributed by atoms with Crippen LogP contribution >= 0.6 is 0 Å². The average Bonchev–Trinajstić information content (AvgIpc) is 2.46. The van der Waals surface area contributed by atoms with E-state index >= 15 is 0 Å². The molecule has 0 aliphatic heterocycles. The summed E-state index contributed by atoms with van der Waals surface area (Å²) in [6, 6.07) is 12.8. The van der Waals surface area contributed by atoms with Crippen LogP contribution in [0.25, 0.3) is 11.1 Å². The topological polar surface area (TPSA) is 29.5 Å². The molecule has 5 heteroatoms. The molecular formula is C15H13F3O2. The number of ether oxygens (including phenoxy) is 1. The van der Waals surface area contributed by atoms with E-state index in [0.29, 0.717) is 5.75 Å². The van der Waals surface area contributed by atoms with Gasteiger partial charge in [-0.2, -0.15) is 13.2 Å². The first-order chi connectivity index (χ1) is 9.41. The van der Waals surface area contributed by atoms with Gasteiger partial charge in [-0.15, -0.1) is 0 Å². The first-order valence-electron chi connectivity index (χ1n) is 5.91. The fourth-order valence-electron chi connectivity index (χ4n) is 1.83. The van der Waals surface area contributed by atoms with E-state index in [2.05, 4.69) is 0 Å². The van der Waals surface area contributed by atoms with Crippen molar-refractivity contribution >= 4 is 0 Å². The molecule has 0 unspecified atom stereocenters. The van der Waals surface area contributed by atoms with Crippen LogP contribution in [0.1, 0.15) is 11.7 Å². The van der Waals surface area contributed by atoms with Crippen LogP contribution in [0.2, 0.25) is 0 Å². The summed E-state index contributed by atoms with van der Waals surface area (Å²) in [6.07, 6.45) is -7.10. The van der Waals surface area contributed by atoms with Gasteiger partial charge in [0.1, 0.15) is 5.75 Å². The lowest BCUT2D eigenvalue weighted by Crippen LogP contribution is -2.19. The average molecular weight is 282 g/mol. The summed E-state index contributed by atoms with van der Waals surface area (Å²) in [6.45, 7) is 0. The van der Waals surface area contributed by atoms with Crippen LogP contribution < -0.4 is 4.74 Å². The summed E-state index contributed by atoms with van der Waals surface area (Å²) in [5, 5.41) is 9.15. The molecule has 2 nitrogen and oxygen atoms in total. The maximum absolute atomic E-state index is 12.4. The zero-order chi connectivity index (χ0) is 14.8. The van der Waals surface area contributed by atoms with Crippen molar-refractivity contribution < 1.29 is 23.0 Å². The Morgan fingerprint density at radius 2 is 1.35 bits per heavy atom. The van der Waals surface area contributed by atoms with Gasteiger partial charge >= 0.3 is 6.18 Å². The number of rotatable bonds is 3. The second kappa shape index (κ2) is 5.54. The summed E-state index contributed by atoms with van der Waals surface area (Å²) in [4.78, 5) is 0. The number of hydrogen-bond acceptors (Lipinski definition) is 2. The monoisotopic (exact) mass is 282 g/mol. The molecule has 0 fully saturated rings. The molecule has 2 aromatic carbocycles. The quantitative estimate of drug-likeness (QED) is 0.923. The van der Waals surface area contributed by atoms with Gasteiger partial charge in [0.05, 0.1) is 7.11 Å². The molecule has 1 atom stereocenters. The fourth-order valence-corrected chi connectivity index (χ4v) is 1.83. The smallest absolute Gasteiger partial charge is 0.418 e. The molecule has 1 N–H and O–H groups in total. The molecule has 0 aliphatic carbocycles. The second-order valence-corrected chi connectivity index (χ2v) is 4.29. The highest BCUT2D eigenvalue weighted by atomic mass is 19.4. The number of methoxy groups -OCH3 is 1. The molecule has 106 valence electrons. The van der Waals surface area contributed by atoms with Crippen LogP contribution in [0.5, 0.6) is 5.75 Å². The van der Waals surface area contributed by atoms with Crippen molar-refractivity contribution in [1.82, 2.24) is 0 Å². The number of aliphatic hydroxyl groups excluding tert-OH is 1. The van der Waals surface area contributed by atoms with Gasteiger partial charge in [0, 0.05) is 0 Å². The highest BCUT2D eigenvalue weighted by Gasteiger charge is 2.39. The van der Waals surface area contributed by atoms with Crippen molar-refractivity contribution in [2.24, 2.45) is 0 Å². The van der Waals surface area contributed by atoms with Crippen LogP contribution in [-0.4, -0.2) is 18.4 Å². The summed E-state index contributed by atoms with van der Waals surface area (Å²) >= 11 is 0. The van der Waals surface area contributed by atoms with E-state index in [4.69, 9.17) is 9.84 Å². The molecule has 0 spiro atoms. The van der Waals surface area contributed by atoms with Gasteiger partial charge in [-0.3, -0.25) is 0 Å². The van der Waals surface area contributed by atoms with Gasteiger partial charge in [0.15, 0.2) is 6.10 Å². The Balaban J connectivity index is 2.23. The number of aliphatic hydroxyl groups is 1. The number of hydrogen-bond donors (Lipinski definition) is 1. The van der Waals surface area contributed by atoms with E-state index in [9.17, 15) is 13.2 Å². The summed E-state index contributed by atoms with van der Waals surface area (Å²) < 4.78 is 42.2. The van der Waals surface area contributed by atoms with Crippen LogP contribution in [0, 0.1) is 0 Å². The Kier molecular flexibility index (Phi) is 3.99. The lowest BCUT2D eigenvalue weighted by atomic mass is 10.0. The number of halogens is 3. The first-order valence-corrected chi connectivity index (χ1v) is 5.91. The molecule has 2 aromatic rings. The largest absolute Gasteiger partial charge is 0.497 e. The van der Waals surface area contributed by atoms with E-state index in [-0.39, 0.29) is 5.56 Å².